The molecule has 0 bridgehead atoms. The van der Waals surface area contributed by atoms with Crippen LogP contribution in [0.15, 0.2) is 0 Å². The van der Waals surface area contributed by atoms with E-state index in [0.29, 0.717) is 6.61 Å². The molecule has 1 unspecified atom stereocenters. The predicted molar refractivity (Wildman–Crippen MR) is 75.5 cm³/mol. The molecule has 0 spiro atoms. The first kappa shape index (κ1) is 16.9. The average Bonchev–Trinajstić information content (AvgIpc) is 2.48. The van der Waals surface area contributed by atoms with Crippen LogP contribution in [0.1, 0.15) is 48.5 Å². The van der Waals surface area contributed by atoms with Crippen LogP contribution in [0.2, 0.25) is 0 Å². The summed E-state index contributed by atoms with van der Waals surface area (Å²) < 4.78 is 23.4. The number of methoxy groups -OCH3 is 1. The summed E-state index contributed by atoms with van der Waals surface area (Å²) in [4.78, 5) is 0. The third-order valence-electron chi connectivity index (χ3n) is 2.98. The molecular weight excluding hydrogens is 244 g/mol. The van der Waals surface area contributed by atoms with Gasteiger partial charge in [-0.2, -0.15) is 0 Å². The van der Waals surface area contributed by atoms with Crippen molar-refractivity contribution in [3.63, 3.8) is 0 Å². The summed E-state index contributed by atoms with van der Waals surface area (Å²) in [6, 6.07) is 0. The van der Waals surface area contributed by atoms with Crippen LogP contribution in [-0.2, 0) is 18.9 Å². The molecular formula is C15H30O4. The molecule has 1 aliphatic heterocycles. The molecule has 1 rings (SSSR count). The molecule has 114 valence electrons. The largest absolute Gasteiger partial charge is 0.376 e. The monoisotopic (exact) mass is 274 g/mol. The highest BCUT2D eigenvalue weighted by Crippen LogP contribution is 2.30. The number of rotatable bonds is 4. The molecule has 1 heterocycles. The molecule has 0 radical (unpaired) electrons. The Kier molecular flexibility index (Phi) is 5.41. The topological polar surface area (TPSA) is 36.9 Å². The van der Waals surface area contributed by atoms with Crippen LogP contribution >= 0.6 is 0 Å². The summed E-state index contributed by atoms with van der Waals surface area (Å²) in [5.74, 6) is 0. The Labute approximate surface area is 117 Å². The summed E-state index contributed by atoms with van der Waals surface area (Å²) >= 11 is 0. The zero-order chi connectivity index (χ0) is 14.8. The van der Waals surface area contributed by atoms with Gasteiger partial charge in [0.05, 0.1) is 23.9 Å². The van der Waals surface area contributed by atoms with Crippen molar-refractivity contribution in [3.8, 4) is 0 Å². The van der Waals surface area contributed by atoms with Gasteiger partial charge >= 0.3 is 0 Å². The lowest BCUT2D eigenvalue weighted by atomic mass is 10.1. The summed E-state index contributed by atoms with van der Waals surface area (Å²) in [5, 5.41) is 0. The molecule has 1 aliphatic rings. The van der Waals surface area contributed by atoms with Crippen molar-refractivity contribution in [2.45, 2.75) is 84.1 Å². The fraction of sp³-hybridized carbons (Fsp3) is 1.00. The Morgan fingerprint density at radius 2 is 1.53 bits per heavy atom. The Balaban J connectivity index is 2.72. The molecule has 0 aromatic heterocycles. The molecule has 0 N–H and O–H groups in total. The second-order valence-electron chi connectivity index (χ2n) is 7.20. The molecule has 4 atom stereocenters. The first-order chi connectivity index (χ1) is 8.53. The first-order valence-electron chi connectivity index (χ1n) is 7.03. The minimum Gasteiger partial charge on any atom is -0.376 e. The molecule has 1 saturated heterocycles. The lowest BCUT2D eigenvalue weighted by molar-refractivity contribution is -0.140. The Bertz CT molecular complexity index is 277. The number of ether oxygens (including phenoxy) is 4. The van der Waals surface area contributed by atoms with Gasteiger partial charge in [-0.05, 0) is 48.5 Å². The van der Waals surface area contributed by atoms with Crippen molar-refractivity contribution in [2.75, 3.05) is 13.7 Å². The van der Waals surface area contributed by atoms with Gasteiger partial charge in [0.2, 0.25) is 0 Å². The molecule has 0 aliphatic carbocycles. The van der Waals surface area contributed by atoms with Crippen molar-refractivity contribution < 1.29 is 18.9 Å². The van der Waals surface area contributed by atoms with Crippen molar-refractivity contribution in [1.29, 1.82) is 0 Å². The van der Waals surface area contributed by atoms with E-state index in [0.717, 1.165) is 0 Å². The van der Waals surface area contributed by atoms with E-state index in [4.69, 9.17) is 18.9 Å². The molecule has 0 amide bonds. The highest BCUT2D eigenvalue weighted by Gasteiger charge is 2.45. The smallest absolute Gasteiger partial charge is 0.115 e. The van der Waals surface area contributed by atoms with Gasteiger partial charge in [-0.15, -0.1) is 0 Å². The number of hydrogen-bond donors (Lipinski definition) is 0. The van der Waals surface area contributed by atoms with Gasteiger partial charge in [0.1, 0.15) is 18.3 Å². The van der Waals surface area contributed by atoms with Gasteiger partial charge in [-0.3, -0.25) is 0 Å². The van der Waals surface area contributed by atoms with Gasteiger partial charge in [0.25, 0.3) is 0 Å². The SMILES string of the molecule is CO[C@@H]1C(OC(C)(C)C)[C@@H](COC(C)(C)C)O[C@H]1C. The Morgan fingerprint density at radius 1 is 0.947 bits per heavy atom. The molecule has 4 heteroatoms. The molecule has 0 aromatic carbocycles. The Morgan fingerprint density at radius 3 is 1.95 bits per heavy atom. The van der Waals surface area contributed by atoms with Crippen LogP contribution in [0.3, 0.4) is 0 Å². The van der Waals surface area contributed by atoms with E-state index in [2.05, 4.69) is 0 Å². The quantitative estimate of drug-likeness (QED) is 0.790. The molecule has 0 aromatic rings. The van der Waals surface area contributed by atoms with Gasteiger partial charge in [0.15, 0.2) is 0 Å². The minimum absolute atomic E-state index is 0.0194. The summed E-state index contributed by atoms with van der Waals surface area (Å²) in [6.45, 7) is 14.8. The van der Waals surface area contributed by atoms with Crippen LogP contribution in [0.4, 0.5) is 0 Å². The third-order valence-corrected chi connectivity index (χ3v) is 2.98. The Hall–Kier alpha value is -0.160. The summed E-state index contributed by atoms with van der Waals surface area (Å²) in [5.41, 5.74) is -0.404. The summed E-state index contributed by atoms with van der Waals surface area (Å²) in [7, 11) is 1.70. The van der Waals surface area contributed by atoms with Crippen LogP contribution in [0.25, 0.3) is 0 Å². The van der Waals surface area contributed by atoms with E-state index < -0.39 is 0 Å². The maximum atomic E-state index is 6.12. The minimum atomic E-state index is -0.227. The molecule has 1 fully saturated rings. The van der Waals surface area contributed by atoms with Crippen molar-refractivity contribution >= 4 is 0 Å². The van der Waals surface area contributed by atoms with Crippen LogP contribution in [0, 0.1) is 0 Å². The normalized spacial score (nSPS) is 32.8. The van der Waals surface area contributed by atoms with Crippen molar-refractivity contribution in [3.05, 3.63) is 0 Å². The third kappa shape index (κ3) is 5.38. The summed E-state index contributed by atoms with van der Waals surface area (Å²) in [6.07, 6.45) is -0.209. The van der Waals surface area contributed by atoms with Crippen LogP contribution in [-0.4, -0.2) is 49.3 Å². The average molecular weight is 274 g/mol. The highest BCUT2D eigenvalue weighted by atomic mass is 16.6. The van der Waals surface area contributed by atoms with Gasteiger partial charge < -0.3 is 18.9 Å². The lowest BCUT2D eigenvalue weighted by Crippen LogP contribution is -2.43. The highest BCUT2D eigenvalue weighted by molar-refractivity contribution is 4.92. The van der Waals surface area contributed by atoms with E-state index in [-0.39, 0.29) is 35.6 Å². The maximum Gasteiger partial charge on any atom is 0.115 e. The zero-order valence-corrected chi connectivity index (χ0v) is 13.6. The second kappa shape index (κ2) is 6.08. The first-order valence-corrected chi connectivity index (χ1v) is 7.03. The fourth-order valence-corrected chi connectivity index (χ4v) is 2.25. The maximum absolute atomic E-state index is 6.12. The van der Waals surface area contributed by atoms with Crippen LogP contribution in [0.5, 0.6) is 0 Å². The van der Waals surface area contributed by atoms with E-state index in [1.807, 2.05) is 48.5 Å². The standard InChI is InChI=1S/C15H30O4/c1-10-12(16-8)13(19-15(5,6)7)11(18-10)9-17-14(2,3)4/h10-13H,9H2,1-8H3/t10-,11+,12-,13?/m0/s1. The van der Waals surface area contributed by atoms with E-state index >= 15 is 0 Å². The van der Waals surface area contributed by atoms with E-state index in [1.54, 1.807) is 7.11 Å². The van der Waals surface area contributed by atoms with Gasteiger partial charge in [0, 0.05) is 7.11 Å². The zero-order valence-electron chi connectivity index (χ0n) is 13.6. The van der Waals surface area contributed by atoms with Crippen molar-refractivity contribution in [2.24, 2.45) is 0 Å². The number of hydrogen-bond acceptors (Lipinski definition) is 4. The van der Waals surface area contributed by atoms with E-state index in [9.17, 15) is 0 Å². The van der Waals surface area contributed by atoms with Crippen LogP contribution < -0.4 is 0 Å². The van der Waals surface area contributed by atoms with Gasteiger partial charge in [-0.25, -0.2) is 0 Å². The fourth-order valence-electron chi connectivity index (χ4n) is 2.25. The van der Waals surface area contributed by atoms with E-state index in [1.165, 1.54) is 0 Å². The molecule has 4 nitrogen and oxygen atoms in total. The molecule has 0 saturated carbocycles. The lowest BCUT2D eigenvalue weighted by Gasteiger charge is -2.31. The predicted octanol–water partition coefficient (Wildman–Crippen LogP) is 2.79. The van der Waals surface area contributed by atoms with Crippen molar-refractivity contribution in [1.82, 2.24) is 0 Å². The molecule has 19 heavy (non-hydrogen) atoms. The second-order valence-corrected chi connectivity index (χ2v) is 7.20. The van der Waals surface area contributed by atoms with Gasteiger partial charge in [-0.1, -0.05) is 0 Å².